The predicted octanol–water partition coefficient (Wildman–Crippen LogP) is 2.82. The monoisotopic (exact) mass is 342 g/mol. The molecule has 0 unspecified atom stereocenters. The molecular formula is C18H19ClN4O. The molecule has 1 heterocycles. The van der Waals surface area contributed by atoms with Crippen molar-refractivity contribution in [2.45, 2.75) is 12.8 Å². The summed E-state index contributed by atoms with van der Waals surface area (Å²) in [4.78, 5) is 4.07. The zero-order valence-electron chi connectivity index (χ0n) is 13.4. The molecule has 1 aliphatic carbocycles. The van der Waals surface area contributed by atoms with Crippen molar-refractivity contribution in [1.82, 2.24) is 4.98 Å². The molecule has 124 valence electrons. The first-order valence-corrected chi connectivity index (χ1v) is 8.07. The van der Waals surface area contributed by atoms with E-state index in [-0.39, 0.29) is 0 Å². The van der Waals surface area contributed by atoms with Gasteiger partial charge >= 0.3 is 0 Å². The average molecular weight is 343 g/mol. The Hall–Kier alpha value is -2.42. The maximum atomic E-state index is 6.37. The third kappa shape index (κ3) is 3.73. The van der Waals surface area contributed by atoms with Gasteiger partial charge in [0.05, 0.1) is 29.7 Å². The van der Waals surface area contributed by atoms with E-state index in [1.807, 2.05) is 18.2 Å². The SMILES string of the molecule is COc1cncc(C#Cc2ccc(N(N)CC3CC3)c(N)c2Cl)c1. The van der Waals surface area contributed by atoms with Gasteiger partial charge in [-0.05, 0) is 37.0 Å². The zero-order chi connectivity index (χ0) is 17.1. The smallest absolute Gasteiger partial charge is 0.138 e. The first-order chi connectivity index (χ1) is 11.6. The van der Waals surface area contributed by atoms with Crippen LogP contribution in [-0.4, -0.2) is 18.6 Å². The van der Waals surface area contributed by atoms with Crippen LogP contribution in [-0.2, 0) is 0 Å². The second kappa shape index (κ2) is 7.00. The molecule has 0 bridgehead atoms. The van der Waals surface area contributed by atoms with Gasteiger partial charge in [0.15, 0.2) is 0 Å². The molecule has 1 aliphatic rings. The Morgan fingerprint density at radius 3 is 2.83 bits per heavy atom. The lowest BCUT2D eigenvalue weighted by molar-refractivity contribution is 0.413. The molecule has 1 fully saturated rings. The third-order valence-corrected chi connectivity index (χ3v) is 4.32. The van der Waals surface area contributed by atoms with Crippen molar-refractivity contribution < 1.29 is 4.74 Å². The van der Waals surface area contributed by atoms with Gasteiger partial charge in [-0.1, -0.05) is 23.4 Å². The normalized spacial score (nSPS) is 13.1. The summed E-state index contributed by atoms with van der Waals surface area (Å²) in [6.45, 7) is 0.793. The van der Waals surface area contributed by atoms with Crippen LogP contribution in [0.1, 0.15) is 24.0 Å². The van der Waals surface area contributed by atoms with Crippen LogP contribution in [0.3, 0.4) is 0 Å². The number of ether oxygens (including phenoxy) is 1. The Balaban J connectivity index is 1.84. The van der Waals surface area contributed by atoms with Crippen LogP contribution < -0.4 is 21.3 Å². The lowest BCUT2D eigenvalue weighted by Gasteiger charge is -2.21. The molecule has 0 atom stereocenters. The van der Waals surface area contributed by atoms with Crippen LogP contribution in [0.25, 0.3) is 0 Å². The molecule has 4 N–H and O–H groups in total. The standard InChI is InChI=1S/C18H19ClN4O/c1-24-15-8-13(9-22-10-15)4-5-14-6-7-16(18(20)17(14)19)23(21)11-12-2-3-12/h6-10,12H,2-3,11,20-21H2,1H3. The van der Waals surface area contributed by atoms with Crippen molar-refractivity contribution in [3.05, 3.63) is 46.7 Å². The van der Waals surface area contributed by atoms with Gasteiger partial charge in [-0.2, -0.15) is 0 Å². The van der Waals surface area contributed by atoms with E-state index in [0.717, 1.165) is 17.8 Å². The highest BCUT2D eigenvalue weighted by atomic mass is 35.5. The number of rotatable bonds is 4. The number of pyridine rings is 1. The zero-order valence-corrected chi connectivity index (χ0v) is 14.2. The summed E-state index contributed by atoms with van der Waals surface area (Å²) in [5, 5.41) is 2.09. The number of halogens is 1. The van der Waals surface area contributed by atoms with E-state index in [4.69, 9.17) is 27.9 Å². The Labute approximate surface area is 146 Å². The molecule has 1 aromatic heterocycles. The molecule has 0 saturated heterocycles. The maximum absolute atomic E-state index is 6.37. The number of hydrogen-bond donors (Lipinski definition) is 2. The van der Waals surface area contributed by atoms with E-state index in [0.29, 0.717) is 27.9 Å². The van der Waals surface area contributed by atoms with Crippen LogP contribution >= 0.6 is 11.6 Å². The fourth-order valence-electron chi connectivity index (χ4n) is 2.34. The van der Waals surface area contributed by atoms with E-state index in [1.54, 1.807) is 24.5 Å². The summed E-state index contributed by atoms with van der Waals surface area (Å²) in [6, 6.07) is 5.50. The minimum absolute atomic E-state index is 0.419. The number of anilines is 2. The number of nitrogen functional groups attached to an aromatic ring is 1. The number of aromatic nitrogens is 1. The number of methoxy groups -OCH3 is 1. The van der Waals surface area contributed by atoms with Gasteiger partial charge in [0.2, 0.25) is 0 Å². The van der Waals surface area contributed by atoms with Crippen molar-refractivity contribution in [3.63, 3.8) is 0 Å². The maximum Gasteiger partial charge on any atom is 0.138 e. The van der Waals surface area contributed by atoms with Gasteiger partial charge in [-0.15, -0.1) is 0 Å². The van der Waals surface area contributed by atoms with Gasteiger partial charge in [-0.25, -0.2) is 5.84 Å². The van der Waals surface area contributed by atoms with Crippen LogP contribution in [0.4, 0.5) is 11.4 Å². The van der Waals surface area contributed by atoms with Crippen LogP contribution in [0, 0.1) is 17.8 Å². The van der Waals surface area contributed by atoms with Crippen molar-refractivity contribution in [2.24, 2.45) is 11.8 Å². The summed E-state index contributed by atoms with van der Waals surface area (Å²) < 4.78 is 5.13. The van der Waals surface area contributed by atoms with Crippen LogP contribution in [0.2, 0.25) is 5.02 Å². The summed E-state index contributed by atoms with van der Waals surface area (Å²) in [5.41, 5.74) is 8.72. The van der Waals surface area contributed by atoms with Gasteiger partial charge in [-0.3, -0.25) is 4.98 Å². The first-order valence-electron chi connectivity index (χ1n) is 7.69. The number of benzene rings is 1. The fraction of sp³-hybridized carbons (Fsp3) is 0.278. The topological polar surface area (TPSA) is 77.4 Å². The van der Waals surface area contributed by atoms with Gasteiger partial charge in [0.1, 0.15) is 5.75 Å². The number of hydrazine groups is 1. The number of nitrogens with zero attached hydrogens (tertiary/aromatic N) is 2. The Bertz CT molecular complexity index is 808. The Morgan fingerprint density at radius 2 is 2.12 bits per heavy atom. The molecule has 1 aromatic carbocycles. The van der Waals surface area contributed by atoms with Gasteiger partial charge < -0.3 is 15.5 Å². The number of hydrogen-bond acceptors (Lipinski definition) is 5. The highest BCUT2D eigenvalue weighted by Crippen LogP contribution is 2.35. The lowest BCUT2D eigenvalue weighted by atomic mass is 10.1. The number of nitrogens with two attached hydrogens (primary N) is 2. The minimum atomic E-state index is 0.419. The Morgan fingerprint density at radius 1 is 1.33 bits per heavy atom. The third-order valence-electron chi connectivity index (χ3n) is 3.91. The molecular weight excluding hydrogens is 324 g/mol. The molecule has 5 nitrogen and oxygen atoms in total. The van der Waals surface area contributed by atoms with E-state index in [2.05, 4.69) is 16.8 Å². The van der Waals surface area contributed by atoms with Crippen molar-refractivity contribution in [2.75, 3.05) is 24.4 Å². The average Bonchev–Trinajstić information content (AvgIpc) is 3.40. The quantitative estimate of drug-likeness (QED) is 0.386. The van der Waals surface area contributed by atoms with Crippen molar-refractivity contribution in [3.8, 4) is 17.6 Å². The van der Waals surface area contributed by atoms with E-state index in [1.165, 1.54) is 12.8 Å². The largest absolute Gasteiger partial charge is 0.495 e. The minimum Gasteiger partial charge on any atom is -0.495 e. The molecule has 24 heavy (non-hydrogen) atoms. The van der Waals surface area contributed by atoms with Crippen LogP contribution in [0.5, 0.6) is 5.75 Å². The molecule has 3 rings (SSSR count). The van der Waals surface area contributed by atoms with Crippen molar-refractivity contribution >= 4 is 23.0 Å². The fourth-order valence-corrected chi connectivity index (χ4v) is 2.55. The summed E-state index contributed by atoms with van der Waals surface area (Å²) >= 11 is 6.37. The molecule has 2 aromatic rings. The summed E-state index contributed by atoms with van der Waals surface area (Å²) in [7, 11) is 1.59. The predicted molar refractivity (Wildman–Crippen MR) is 96.9 cm³/mol. The lowest BCUT2D eigenvalue weighted by Crippen LogP contribution is -2.33. The van der Waals surface area contributed by atoms with Gasteiger partial charge in [0.25, 0.3) is 0 Å². The molecule has 1 saturated carbocycles. The molecule has 0 spiro atoms. The van der Waals surface area contributed by atoms with Crippen LogP contribution in [0.15, 0.2) is 30.6 Å². The Kier molecular flexibility index (Phi) is 4.79. The summed E-state index contributed by atoms with van der Waals surface area (Å²) in [5.74, 6) is 13.4. The van der Waals surface area contributed by atoms with E-state index >= 15 is 0 Å². The highest BCUT2D eigenvalue weighted by Gasteiger charge is 2.24. The van der Waals surface area contributed by atoms with Gasteiger partial charge in [0, 0.05) is 23.9 Å². The molecule has 0 radical (unpaired) electrons. The summed E-state index contributed by atoms with van der Waals surface area (Å²) in [6.07, 6.45) is 5.73. The molecule has 0 aliphatic heterocycles. The van der Waals surface area contributed by atoms with E-state index < -0.39 is 0 Å². The second-order valence-electron chi connectivity index (χ2n) is 5.82. The second-order valence-corrected chi connectivity index (χ2v) is 6.20. The first kappa shape index (κ1) is 16.4. The van der Waals surface area contributed by atoms with Crippen molar-refractivity contribution in [1.29, 1.82) is 0 Å². The van der Waals surface area contributed by atoms with E-state index in [9.17, 15) is 0 Å². The highest BCUT2D eigenvalue weighted by molar-refractivity contribution is 6.35. The molecule has 0 amide bonds. The molecule has 6 heteroatoms.